The van der Waals surface area contributed by atoms with Crippen molar-refractivity contribution in [3.63, 3.8) is 0 Å². The Bertz CT molecular complexity index is 1000. The van der Waals surface area contributed by atoms with Crippen LogP contribution in [0.5, 0.6) is 0 Å². The number of aliphatic hydroxyl groups excluding tert-OH is 7. The van der Waals surface area contributed by atoms with Gasteiger partial charge in [-0.3, -0.25) is 4.79 Å². The Morgan fingerprint density at radius 3 is 1.41 bits per heavy atom. The van der Waals surface area contributed by atoms with E-state index >= 15 is 0 Å². The second-order valence-electron chi connectivity index (χ2n) is 18.2. The van der Waals surface area contributed by atoms with Crippen LogP contribution in [0.2, 0.25) is 0 Å². The lowest BCUT2D eigenvalue weighted by Crippen LogP contribution is -2.60. The van der Waals surface area contributed by atoms with E-state index in [1.807, 2.05) is 0 Å². The first-order chi connectivity index (χ1) is 29.7. The Hall–Kier alpha value is -1.15. The van der Waals surface area contributed by atoms with E-state index < -0.39 is 74.2 Å². The van der Waals surface area contributed by atoms with Gasteiger partial charge in [-0.2, -0.15) is 0 Å². The molecule has 1 fully saturated rings. The van der Waals surface area contributed by atoms with Crippen LogP contribution < -0.4 is 5.32 Å². The van der Waals surface area contributed by atoms with Crippen molar-refractivity contribution in [2.75, 3.05) is 13.2 Å². The minimum Gasteiger partial charge on any atom is -0.394 e. The highest BCUT2D eigenvalue weighted by atomic mass is 16.7. The van der Waals surface area contributed by atoms with Crippen molar-refractivity contribution < 1.29 is 50.0 Å². The van der Waals surface area contributed by atoms with Crippen molar-refractivity contribution in [3.8, 4) is 0 Å². The summed E-state index contributed by atoms with van der Waals surface area (Å²) in [7, 11) is 0. The monoisotopic (exact) mass is 872 g/mol. The van der Waals surface area contributed by atoms with E-state index in [0.29, 0.717) is 12.8 Å². The van der Waals surface area contributed by atoms with Gasteiger partial charge in [-0.25, -0.2) is 0 Å². The van der Waals surface area contributed by atoms with Crippen LogP contribution in [0.3, 0.4) is 0 Å². The number of hydrogen-bond acceptors (Lipinski definition) is 10. The van der Waals surface area contributed by atoms with Gasteiger partial charge in [0.05, 0.1) is 25.4 Å². The van der Waals surface area contributed by atoms with Gasteiger partial charge in [-0.05, 0) is 38.5 Å². The summed E-state index contributed by atoms with van der Waals surface area (Å²) in [4.78, 5) is 13.0. The number of carbonyl (C=O) groups is 1. The van der Waals surface area contributed by atoms with Gasteiger partial charge in [0.15, 0.2) is 6.29 Å². The van der Waals surface area contributed by atoms with Crippen LogP contribution in [0, 0.1) is 0 Å². The molecule has 1 saturated heterocycles. The van der Waals surface area contributed by atoms with Crippen molar-refractivity contribution >= 4 is 5.91 Å². The van der Waals surface area contributed by atoms with Gasteiger partial charge >= 0.3 is 0 Å². The second-order valence-corrected chi connectivity index (χ2v) is 18.2. The molecule has 362 valence electrons. The predicted octanol–water partition coefficient (Wildman–Crippen LogP) is 9.23. The Morgan fingerprint density at radius 1 is 0.557 bits per heavy atom. The summed E-state index contributed by atoms with van der Waals surface area (Å²) >= 11 is 0. The number of hydrogen-bond donors (Lipinski definition) is 8. The number of allylic oxidation sites excluding steroid dienone is 2. The van der Waals surface area contributed by atoms with Crippen molar-refractivity contribution in [2.45, 2.75) is 287 Å². The van der Waals surface area contributed by atoms with E-state index in [1.165, 1.54) is 154 Å². The van der Waals surface area contributed by atoms with Gasteiger partial charge in [0, 0.05) is 0 Å². The molecule has 1 heterocycles. The zero-order valence-electron chi connectivity index (χ0n) is 39.2. The van der Waals surface area contributed by atoms with Crippen LogP contribution in [-0.4, -0.2) is 110 Å². The summed E-state index contributed by atoms with van der Waals surface area (Å²) in [5.74, 6) is -0.709. The first kappa shape index (κ1) is 57.9. The lowest BCUT2D eigenvalue weighted by molar-refractivity contribution is -0.303. The third kappa shape index (κ3) is 29.8. The molecular weight excluding hydrogens is 775 g/mol. The molecule has 1 aliphatic rings. The lowest BCUT2D eigenvalue weighted by Gasteiger charge is -2.40. The quantitative estimate of drug-likeness (QED) is 0.0217. The highest BCUT2D eigenvalue weighted by Gasteiger charge is 2.44. The maximum absolute atomic E-state index is 13.0. The van der Waals surface area contributed by atoms with E-state index in [1.54, 1.807) is 0 Å². The highest BCUT2D eigenvalue weighted by molar-refractivity contribution is 5.80. The molecule has 0 aromatic heterocycles. The molecule has 0 aliphatic carbocycles. The maximum atomic E-state index is 13.0. The number of amides is 1. The topological polar surface area (TPSA) is 189 Å². The van der Waals surface area contributed by atoms with Crippen LogP contribution in [0.4, 0.5) is 0 Å². The molecule has 8 N–H and O–H groups in total. The lowest BCUT2D eigenvalue weighted by atomic mass is 9.98. The summed E-state index contributed by atoms with van der Waals surface area (Å²) in [6.45, 7) is 3.40. The number of aliphatic hydroxyl groups is 7. The van der Waals surface area contributed by atoms with E-state index in [0.717, 1.165) is 38.5 Å². The minimum atomic E-state index is -1.66. The zero-order chi connectivity index (χ0) is 44.8. The molecule has 0 bridgehead atoms. The van der Waals surface area contributed by atoms with E-state index in [-0.39, 0.29) is 12.8 Å². The third-order valence-electron chi connectivity index (χ3n) is 12.6. The van der Waals surface area contributed by atoms with Crippen molar-refractivity contribution in [1.82, 2.24) is 5.32 Å². The van der Waals surface area contributed by atoms with E-state index in [9.17, 15) is 40.5 Å². The third-order valence-corrected chi connectivity index (χ3v) is 12.6. The molecule has 9 atom stereocenters. The van der Waals surface area contributed by atoms with Crippen molar-refractivity contribution in [1.29, 1.82) is 0 Å². The summed E-state index contributed by atoms with van der Waals surface area (Å²) in [5, 5.41) is 75.5. The van der Waals surface area contributed by atoms with Gasteiger partial charge in [0.25, 0.3) is 0 Å². The first-order valence-corrected chi connectivity index (χ1v) is 25.6. The molecule has 0 radical (unpaired) electrons. The Labute approximate surface area is 372 Å². The number of ether oxygens (including phenoxy) is 2. The summed E-state index contributed by atoms with van der Waals surface area (Å²) < 4.78 is 11.1. The molecule has 1 amide bonds. The van der Waals surface area contributed by atoms with Gasteiger partial charge in [-0.15, -0.1) is 0 Å². The molecule has 0 aromatic rings. The SMILES string of the molecule is CCCCCCCCCCCCCCCCCCCCCCC/C=C/CCCC(O)C(O)C(COC1OC(CO)C(O)C(O)C1O)NC(=O)C(O)CCCCCCCCCC. The number of unbranched alkanes of at least 4 members (excludes halogenated alkanes) is 29. The molecule has 9 unspecified atom stereocenters. The normalized spacial score (nSPS) is 21.5. The minimum absolute atomic E-state index is 0.256. The van der Waals surface area contributed by atoms with Gasteiger partial charge < -0.3 is 50.5 Å². The molecule has 61 heavy (non-hydrogen) atoms. The predicted molar refractivity (Wildman–Crippen MR) is 247 cm³/mol. The molecular formula is C50H97NO10. The molecule has 11 heteroatoms. The Balaban J connectivity index is 2.28. The van der Waals surface area contributed by atoms with Crippen molar-refractivity contribution in [2.24, 2.45) is 0 Å². The second kappa shape index (κ2) is 40.4. The molecule has 0 saturated carbocycles. The molecule has 0 spiro atoms. The summed E-state index contributed by atoms with van der Waals surface area (Å²) in [6.07, 6.45) is 33.1. The fourth-order valence-electron chi connectivity index (χ4n) is 8.32. The van der Waals surface area contributed by atoms with Crippen LogP contribution in [0.1, 0.15) is 232 Å². The largest absolute Gasteiger partial charge is 0.394 e. The maximum Gasteiger partial charge on any atom is 0.249 e. The average molecular weight is 872 g/mol. The molecule has 11 nitrogen and oxygen atoms in total. The van der Waals surface area contributed by atoms with Gasteiger partial charge in [0.2, 0.25) is 5.91 Å². The van der Waals surface area contributed by atoms with Gasteiger partial charge in [0.1, 0.15) is 36.6 Å². The van der Waals surface area contributed by atoms with Crippen LogP contribution >= 0.6 is 0 Å². The molecule has 0 aromatic carbocycles. The summed E-state index contributed by atoms with van der Waals surface area (Å²) in [6, 6.07) is -1.18. The standard InChI is InChI=1S/C50H97NO10/c1-3-5-7-9-11-13-14-15-16-17-18-19-20-21-22-23-24-25-26-27-28-29-30-32-33-35-37-42(53)45(55)41(40-60-50-48(58)47(57)46(56)44(39-52)61-50)51-49(59)43(54)38-36-34-31-12-10-8-6-4-2/h30,32,41-48,50,52-58H,3-29,31,33-40H2,1-2H3,(H,51,59)/b32-30+. The highest BCUT2D eigenvalue weighted by Crippen LogP contribution is 2.23. The first-order valence-electron chi connectivity index (χ1n) is 25.6. The summed E-state index contributed by atoms with van der Waals surface area (Å²) in [5.41, 5.74) is 0. The average Bonchev–Trinajstić information content (AvgIpc) is 3.26. The number of nitrogens with one attached hydrogen (secondary N) is 1. The Kier molecular flexibility index (Phi) is 38.3. The van der Waals surface area contributed by atoms with Crippen LogP contribution in [0.15, 0.2) is 12.2 Å². The number of rotatable bonds is 43. The van der Waals surface area contributed by atoms with E-state index in [2.05, 4.69) is 31.3 Å². The molecule has 1 aliphatic heterocycles. The van der Waals surface area contributed by atoms with Crippen LogP contribution in [-0.2, 0) is 14.3 Å². The van der Waals surface area contributed by atoms with Gasteiger partial charge in [-0.1, -0.05) is 206 Å². The smallest absolute Gasteiger partial charge is 0.249 e. The fraction of sp³-hybridized carbons (Fsp3) is 0.940. The fourth-order valence-corrected chi connectivity index (χ4v) is 8.32. The zero-order valence-corrected chi connectivity index (χ0v) is 39.2. The van der Waals surface area contributed by atoms with Crippen molar-refractivity contribution in [3.05, 3.63) is 12.2 Å². The number of carbonyl (C=O) groups excluding carboxylic acids is 1. The van der Waals surface area contributed by atoms with Crippen LogP contribution in [0.25, 0.3) is 0 Å². The molecule has 1 rings (SSSR count). The Morgan fingerprint density at radius 2 is 0.967 bits per heavy atom. The van der Waals surface area contributed by atoms with E-state index in [4.69, 9.17) is 9.47 Å².